The first-order valence-electron chi connectivity index (χ1n) is 2.68. The maximum Gasteiger partial charge on any atom is 0.0513 e. The minimum Gasteiger partial charge on any atom is -0.122 e. The second kappa shape index (κ2) is 5.46. The number of allylic oxidation sites excluding steroid dienone is 2. The first-order chi connectivity index (χ1) is 3.81. The lowest BCUT2D eigenvalue weighted by Crippen LogP contribution is -1.87. The third-order valence-corrected chi connectivity index (χ3v) is 1.46. The minimum absolute atomic E-state index is 0.161. The van der Waals surface area contributed by atoms with Gasteiger partial charge in [-0.3, -0.25) is 0 Å². The van der Waals surface area contributed by atoms with E-state index in [2.05, 4.69) is 0 Å². The summed E-state index contributed by atoms with van der Waals surface area (Å²) in [5.74, 6) is 0.559. The average Bonchev–Trinajstić information content (AvgIpc) is 1.83. The van der Waals surface area contributed by atoms with Gasteiger partial charge in [-0.15, -0.1) is 23.2 Å². The van der Waals surface area contributed by atoms with Crippen molar-refractivity contribution in [2.45, 2.75) is 18.7 Å². The van der Waals surface area contributed by atoms with E-state index in [9.17, 15) is 0 Å². The van der Waals surface area contributed by atoms with Gasteiger partial charge >= 0.3 is 0 Å². The van der Waals surface area contributed by atoms with Gasteiger partial charge in [-0.1, -0.05) is 19.1 Å². The highest BCUT2D eigenvalue weighted by Gasteiger charge is 1.90. The van der Waals surface area contributed by atoms with Crippen LogP contribution < -0.4 is 0 Å². The zero-order chi connectivity index (χ0) is 6.41. The molecule has 0 rings (SSSR count). The van der Waals surface area contributed by atoms with Gasteiger partial charge in [-0.2, -0.15) is 0 Å². The monoisotopic (exact) mass is 152 g/mol. The van der Waals surface area contributed by atoms with Crippen LogP contribution >= 0.6 is 23.2 Å². The van der Waals surface area contributed by atoms with E-state index in [4.69, 9.17) is 23.2 Å². The van der Waals surface area contributed by atoms with Crippen molar-refractivity contribution in [1.29, 1.82) is 0 Å². The summed E-state index contributed by atoms with van der Waals surface area (Å²) in [6.07, 6.45) is 4.74. The van der Waals surface area contributed by atoms with Gasteiger partial charge in [0.25, 0.3) is 0 Å². The van der Waals surface area contributed by atoms with Crippen LogP contribution in [0.1, 0.15) is 13.3 Å². The molecular formula is C6H10Cl2. The predicted octanol–water partition coefficient (Wildman–Crippen LogP) is 2.80. The Kier molecular flexibility index (Phi) is 5.67. The Labute approximate surface area is 60.5 Å². The minimum atomic E-state index is 0.161. The van der Waals surface area contributed by atoms with Crippen LogP contribution in [0.5, 0.6) is 0 Å². The van der Waals surface area contributed by atoms with E-state index in [0.29, 0.717) is 5.88 Å². The number of alkyl halides is 2. The van der Waals surface area contributed by atoms with Crippen LogP contribution in [0.15, 0.2) is 12.2 Å². The van der Waals surface area contributed by atoms with Crippen LogP contribution in [0.25, 0.3) is 0 Å². The van der Waals surface area contributed by atoms with E-state index in [1.165, 1.54) is 0 Å². The largest absolute Gasteiger partial charge is 0.122 e. The highest BCUT2D eigenvalue weighted by atomic mass is 35.5. The quantitative estimate of drug-likeness (QED) is 0.432. The molecule has 0 aromatic carbocycles. The molecule has 0 aromatic rings. The number of hydrogen-bond donors (Lipinski definition) is 0. The molecule has 0 N–H and O–H groups in total. The summed E-state index contributed by atoms with van der Waals surface area (Å²) in [6, 6.07) is 0. The topological polar surface area (TPSA) is 0 Å². The summed E-state index contributed by atoms with van der Waals surface area (Å²) >= 11 is 11.1. The van der Waals surface area contributed by atoms with Crippen LogP contribution in [-0.4, -0.2) is 11.3 Å². The Morgan fingerprint density at radius 1 is 1.62 bits per heavy atom. The van der Waals surface area contributed by atoms with E-state index >= 15 is 0 Å². The second-order valence-corrected chi connectivity index (χ2v) is 2.38. The molecule has 0 spiro atoms. The van der Waals surface area contributed by atoms with E-state index in [-0.39, 0.29) is 5.38 Å². The Balaban J connectivity index is 3.21. The molecule has 1 atom stereocenters. The van der Waals surface area contributed by atoms with Gasteiger partial charge in [0.2, 0.25) is 0 Å². The zero-order valence-electron chi connectivity index (χ0n) is 4.90. The fraction of sp³-hybridized carbons (Fsp3) is 0.667. The van der Waals surface area contributed by atoms with Crippen molar-refractivity contribution in [3.63, 3.8) is 0 Å². The first kappa shape index (κ1) is 8.32. The summed E-state index contributed by atoms with van der Waals surface area (Å²) in [5, 5.41) is 0.161. The fourth-order valence-electron chi connectivity index (χ4n) is 0.335. The summed E-state index contributed by atoms with van der Waals surface area (Å²) in [4.78, 5) is 0. The van der Waals surface area contributed by atoms with Gasteiger partial charge in [0.1, 0.15) is 0 Å². The molecule has 0 radical (unpaired) electrons. The Morgan fingerprint density at radius 3 is 2.62 bits per heavy atom. The first-order valence-corrected chi connectivity index (χ1v) is 3.65. The second-order valence-electron chi connectivity index (χ2n) is 1.51. The molecule has 0 fully saturated rings. The van der Waals surface area contributed by atoms with E-state index in [0.717, 1.165) is 6.42 Å². The number of halogens is 2. The van der Waals surface area contributed by atoms with Crippen molar-refractivity contribution < 1.29 is 0 Å². The van der Waals surface area contributed by atoms with Crippen molar-refractivity contribution in [2.75, 3.05) is 5.88 Å². The molecule has 0 aliphatic carbocycles. The molecule has 0 aliphatic heterocycles. The van der Waals surface area contributed by atoms with Crippen LogP contribution in [0.2, 0.25) is 0 Å². The van der Waals surface area contributed by atoms with Crippen LogP contribution in [0.3, 0.4) is 0 Å². The predicted molar refractivity (Wildman–Crippen MR) is 39.8 cm³/mol. The maximum absolute atomic E-state index is 5.70. The third-order valence-electron chi connectivity index (χ3n) is 0.824. The van der Waals surface area contributed by atoms with Gasteiger partial charge in [0.15, 0.2) is 0 Å². The van der Waals surface area contributed by atoms with E-state index in [1.54, 1.807) is 0 Å². The Bertz CT molecular complexity index is 68.9. The molecule has 0 amide bonds. The fourth-order valence-corrected chi connectivity index (χ4v) is 0.541. The van der Waals surface area contributed by atoms with Crippen molar-refractivity contribution in [2.24, 2.45) is 0 Å². The number of hydrogen-bond acceptors (Lipinski definition) is 0. The highest BCUT2D eigenvalue weighted by molar-refractivity contribution is 6.22. The molecule has 0 bridgehead atoms. The smallest absolute Gasteiger partial charge is 0.0513 e. The SMILES string of the molecule is CCC(Cl)/C=C/CCl. The molecule has 48 valence electrons. The summed E-state index contributed by atoms with van der Waals surface area (Å²) in [7, 11) is 0. The van der Waals surface area contributed by atoms with Gasteiger partial charge in [-0.25, -0.2) is 0 Å². The highest BCUT2D eigenvalue weighted by Crippen LogP contribution is 2.01. The summed E-state index contributed by atoms with van der Waals surface area (Å²) in [5.41, 5.74) is 0. The zero-order valence-corrected chi connectivity index (χ0v) is 6.41. The normalized spacial score (nSPS) is 14.9. The molecule has 1 unspecified atom stereocenters. The van der Waals surface area contributed by atoms with E-state index < -0.39 is 0 Å². The van der Waals surface area contributed by atoms with Crippen LogP contribution in [-0.2, 0) is 0 Å². The summed E-state index contributed by atoms with van der Waals surface area (Å²) in [6.45, 7) is 2.04. The lowest BCUT2D eigenvalue weighted by molar-refractivity contribution is 0.965. The van der Waals surface area contributed by atoms with Crippen molar-refractivity contribution in [3.05, 3.63) is 12.2 Å². The molecule has 0 saturated heterocycles. The van der Waals surface area contributed by atoms with E-state index in [1.807, 2.05) is 19.1 Å². The maximum atomic E-state index is 5.70. The molecule has 0 aliphatic rings. The molecule has 0 nitrogen and oxygen atoms in total. The molecule has 0 saturated carbocycles. The standard InChI is InChI=1S/C6H10Cl2/c1-2-6(8)4-3-5-7/h3-4,6H,2,5H2,1H3/b4-3+. The number of rotatable bonds is 3. The van der Waals surface area contributed by atoms with Crippen LogP contribution in [0, 0.1) is 0 Å². The van der Waals surface area contributed by atoms with Crippen molar-refractivity contribution in [3.8, 4) is 0 Å². The van der Waals surface area contributed by atoms with Gasteiger partial charge in [-0.05, 0) is 6.42 Å². The molecule has 8 heavy (non-hydrogen) atoms. The van der Waals surface area contributed by atoms with Crippen molar-refractivity contribution >= 4 is 23.2 Å². The molecule has 0 aromatic heterocycles. The third kappa shape index (κ3) is 4.48. The summed E-state index contributed by atoms with van der Waals surface area (Å²) < 4.78 is 0. The van der Waals surface area contributed by atoms with Gasteiger partial charge in [0.05, 0.1) is 5.38 Å². The molecular weight excluding hydrogens is 143 g/mol. The van der Waals surface area contributed by atoms with Crippen molar-refractivity contribution in [1.82, 2.24) is 0 Å². The van der Waals surface area contributed by atoms with Crippen LogP contribution in [0.4, 0.5) is 0 Å². The molecule has 2 heteroatoms. The lowest BCUT2D eigenvalue weighted by atomic mass is 10.3. The van der Waals surface area contributed by atoms with Gasteiger partial charge < -0.3 is 0 Å². The average molecular weight is 153 g/mol. The molecule has 0 heterocycles. The van der Waals surface area contributed by atoms with Gasteiger partial charge in [0, 0.05) is 5.88 Å². The Hall–Kier alpha value is 0.320. The Morgan fingerprint density at radius 2 is 2.25 bits per heavy atom. The lowest BCUT2D eigenvalue weighted by Gasteiger charge is -1.93.